The second kappa shape index (κ2) is 7.99. The minimum absolute atomic E-state index is 0.243. The quantitative estimate of drug-likeness (QED) is 0.809. The van der Waals surface area contributed by atoms with Crippen LogP contribution in [0.1, 0.15) is 57.8 Å². The van der Waals surface area contributed by atoms with Crippen LogP contribution >= 0.6 is 0 Å². The van der Waals surface area contributed by atoms with Crippen LogP contribution in [0.15, 0.2) is 0 Å². The molecule has 20 heavy (non-hydrogen) atoms. The van der Waals surface area contributed by atoms with Crippen LogP contribution in [-0.4, -0.2) is 41.7 Å². The number of nitrogens with two attached hydrogens (primary N) is 1. The first-order valence-corrected chi connectivity index (χ1v) is 8.33. The highest BCUT2D eigenvalue weighted by atomic mass is 16.3. The average molecular weight is 282 g/mol. The lowest BCUT2D eigenvalue weighted by atomic mass is 9.83. The minimum Gasteiger partial charge on any atom is -0.396 e. The van der Waals surface area contributed by atoms with E-state index in [2.05, 4.69) is 0 Å². The standard InChI is InChI=1S/C16H30N2O2/c17-15-5-1-3-13(11-15)6-7-16(20)18-9-2-4-14(12-18)8-10-19/h13-15,19H,1-12,17H2. The number of carbonyl (C=O) groups excluding carboxylic acids is 1. The molecule has 4 nitrogen and oxygen atoms in total. The molecule has 0 aromatic heterocycles. The van der Waals surface area contributed by atoms with Crippen LogP contribution in [0.3, 0.4) is 0 Å². The summed E-state index contributed by atoms with van der Waals surface area (Å²) in [4.78, 5) is 14.3. The molecule has 1 aliphatic heterocycles. The van der Waals surface area contributed by atoms with Crippen LogP contribution in [0.2, 0.25) is 0 Å². The maximum absolute atomic E-state index is 12.3. The number of nitrogens with zero attached hydrogens (tertiary/aromatic N) is 1. The molecule has 0 aromatic rings. The van der Waals surface area contributed by atoms with Crippen LogP contribution in [-0.2, 0) is 4.79 Å². The molecule has 0 aromatic carbocycles. The summed E-state index contributed by atoms with van der Waals surface area (Å²) in [6, 6.07) is 0.354. The summed E-state index contributed by atoms with van der Waals surface area (Å²) in [7, 11) is 0. The normalized spacial score (nSPS) is 31.3. The molecule has 3 atom stereocenters. The van der Waals surface area contributed by atoms with Gasteiger partial charge in [0.15, 0.2) is 0 Å². The number of aliphatic hydroxyl groups is 1. The molecule has 3 unspecified atom stereocenters. The number of amides is 1. The summed E-state index contributed by atoms with van der Waals surface area (Å²) < 4.78 is 0. The van der Waals surface area contributed by atoms with E-state index < -0.39 is 0 Å². The Bertz CT molecular complexity index is 307. The van der Waals surface area contributed by atoms with Crippen LogP contribution in [0.5, 0.6) is 0 Å². The van der Waals surface area contributed by atoms with E-state index in [0.29, 0.717) is 30.2 Å². The van der Waals surface area contributed by atoms with E-state index >= 15 is 0 Å². The highest BCUT2D eigenvalue weighted by molar-refractivity contribution is 5.76. The molecule has 0 spiro atoms. The Morgan fingerprint density at radius 2 is 1.95 bits per heavy atom. The number of carbonyl (C=O) groups is 1. The van der Waals surface area contributed by atoms with Gasteiger partial charge in [-0.2, -0.15) is 0 Å². The molecule has 1 saturated heterocycles. The van der Waals surface area contributed by atoms with Crippen LogP contribution in [0.4, 0.5) is 0 Å². The van der Waals surface area contributed by atoms with Gasteiger partial charge in [0, 0.05) is 32.2 Å². The second-order valence-corrected chi connectivity index (χ2v) is 6.69. The summed E-state index contributed by atoms with van der Waals surface area (Å²) in [5.41, 5.74) is 6.01. The van der Waals surface area contributed by atoms with E-state index in [-0.39, 0.29) is 6.61 Å². The zero-order chi connectivity index (χ0) is 14.4. The Morgan fingerprint density at radius 3 is 2.70 bits per heavy atom. The number of piperidine rings is 1. The first-order valence-electron chi connectivity index (χ1n) is 8.33. The molecule has 3 N–H and O–H groups in total. The predicted octanol–water partition coefficient (Wildman–Crippen LogP) is 1.91. The third-order valence-corrected chi connectivity index (χ3v) is 5.00. The van der Waals surface area contributed by atoms with Crippen LogP contribution in [0, 0.1) is 11.8 Å². The average Bonchev–Trinajstić information content (AvgIpc) is 2.45. The lowest BCUT2D eigenvalue weighted by Gasteiger charge is -2.33. The summed E-state index contributed by atoms with van der Waals surface area (Å²) in [5, 5.41) is 9.03. The zero-order valence-electron chi connectivity index (χ0n) is 12.6. The summed E-state index contributed by atoms with van der Waals surface area (Å²) in [6.07, 6.45) is 9.49. The van der Waals surface area contributed by atoms with E-state index in [9.17, 15) is 4.79 Å². The fraction of sp³-hybridized carbons (Fsp3) is 0.938. The van der Waals surface area contributed by atoms with Crippen LogP contribution in [0.25, 0.3) is 0 Å². The van der Waals surface area contributed by atoms with Gasteiger partial charge < -0.3 is 15.7 Å². The summed E-state index contributed by atoms with van der Waals surface area (Å²) >= 11 is 0. The molecule has 2 aliphatic rings. The topological polar surface area (TPSA) is 66.6 Å². The van der Waals surface area contributed by atoms with Gasteiger partial charge in [-0.05, 0) is 50.4 Å². The SMILES string of the molecule is NC1CCCC(CCC(=O)N2CCCC(CCO)C2)C1. The van der Waals surface area contributed by atoms with Gasteiger partial charge >= 0.3 is 0 Å². The third-order valence-electron chi connectivity index (χ3n) is 5.00. The van der Waals surface area contributed by atoms with Gasteiger partial charge in [0.1, 0.15) is 0 Å². The first kappa shape index (κ1) is 15.8. The van der Waals surface area contributed by atoms with Crippen molar-refractivity contribution in [2.45, 2.75) is 63.8 Å². The Kier molecular flexibility index (Phi) is 6.30. The Balaban J connectivity index is 1.71. The third kappa shape index (κ3) is 4.74. The van der Waals surface area contributed by atoms with Gasteiger partial charge in [-0.1, -0.05) is 12.8 Å². The summed E-state index contributed by atoms with van der Waals surface area (Å²) in [5.74, 6) is 1.47. The minimum atomic E-state index is 0.243. The van der Waals surface area contributed by atoms with Crippen molar-refractivity contribution in [2.24, 2.45) is 17.6 Å². The predicted molar refractivity (Wildman–Crippen MR) is 80.2 cm³/mol. The van der Waals surface area contributed by atoms with Crippen molar-refractivity contribution in [1.29, 1.82) is 0 Å². The molecule has 0 bridgehead atoms. The van der Waals surface area contributed by atoms with Crippen molar-refractivity contribution in [2.75, 3.05) is 19.7 Å². The first-order chi connectivity index (χ1) is 9.69. The fourth-order valence-electron chi connectivity index (χ4n) is 3.79. The molecule has 1 heterocycles. The molecule has 1 saturated carbocycles. The highest BCUT2D eigenvalue weighted by Gasteiger charge is 2.25. The molecule has 4 heteroatoms. The van der Waals surface area contributed by atoms with Gasteiger partial charge in [-0.15, -0.1) is 0 Å². The second-order valence-electron chi connectivity index (χ2n) is 6.69. The molecular weight excluding hydrogens is 252 g/mol. The van der Waals surface area contributed by atoms with Gasteiger partial charge in [0.25, 0.3) is 0 Å². The van der Waals surface area contributed by atoms with E-state index in [1.54, 1.807) is 0 Å². The number of aliphatic hydroxyl groups excluding tert-OH is 1. The van der Waals surface area contributed by atoms with Gasteiger partial charge in [0.2, 0.25) is 5.91 Å². The van der Waals surface area contributed by atoms with E-state index in [1.807, 2.05) is 4.90 Å². The Labute approximate surface area is 122 Å². The van der Waals surface area contributed by atoms with Crippen molar-refractivity contribution >= 4 is 5.91 Å². The summed E-state index contributed by atoms with van der Waals surface area (Å²) in [6.45, 7) is 2.00. The maximum Gasteiger partial charge on any atom is 0.222 e. The number of hydrogen-bond donors (Lipinski definition) is 2. The smallest absolute Gasteiger partial charge is 0.222 e. The number of hydrogen-bond acceptors (Lipinski definition) is 3. The zero-order valence-corrected chi connectivity index (χ0v) is 12.6. The fourth-order valence-corrected chi connectivity index (χ4v) is 3.79. The van der Waals surface area contributed by atoms with Crippen molar-refractivity contribution < 1.29 is 9.90 Å². The van der Waals surface area contributed by atoms with E-state index in [4.69, 9.17) is 10.8 Å². The number of likely N-dealkylation sites (tertiary alicyclic amines) is 1. The molecule has 1 aliphatic carbocycles. The monoisotopic (exact) mass is 282 g/mol. The highest BCUT2D eigenvalue weighted by Crippen LogP contribution is 2.27. The molecule has 116 valence electrons. The van der Waals surface area contributed by atoms with Crippen molar-refractivity contribution in [3.8, 4) is 0 Å². The largest absolute Gasteiger partial charge is 0.396 e. The van der Waals surface area contributed by atoms with Gasteiger partial charge in [-0.3, -0.25) is 4.79 Å². The lowest BCUT2D eigenvalue weighted by Crippen LogP contribution is -2.40. The van der Waals surface area contributed by atoms with Gasteiger partial charge in [0.05, 0.1) is 0 Å². The van der Waals surface area contributed by atoms with Crippen LogP contribution < -0.4 is 5.73 Å². The van der Waals surface area contributed by atoms with E-state index in [1.165, 1.54) is 12.8 Å². The Hall–Kier alpha value is -0.610. The lowest BCUT2D eigenvalue weighted by molar-refractivity contribution is -0.133. The number of rotatable bonds is 5. The maximum atomic E-state index is 12.3. The van der Waals surface area contributed by atoms with Crippen molar-refractivity contribution in [3.05, 3.63) is 0 Å². The van der Waals surface area contributed by atoms with Crippen molar-refractivity contribution in [1.82, 2.24) is 4.90 Å². The molecule has 1 amide bonds. The molecule has 0 radical (unpaired) electrons. The van der Waals surface area contributed by atoms with E-state index in [0.717, 1.165) is 51.6 Å². The van der Waals surface area contributed by atoms with Gasteiger partial charge in [-0.25, -0.2) is 0 Å². The molecular formula is C16H30N2O2. The molecule has 2 fully saturated rings. The Morgan fingerprint density at radius 1 is 1.15 bits per heavy atom. The molecule has 2 rings (SSSR count). The van der Waals surface area contributed by atoms with Crippen molar-refractivity contribution in [3.63, 3.8) is 0 Å².